The van der Waals surface area contributed by atoms with Crippen LogP contribution in [0.4, 0.5) is 0 Å². The number of hydrogen-bond donors (Lipinski definition) is 6. The topological polar surface area (TPSA) is 455 Å². The molecule has 6 N–H and O–H groups in total. The van der Waals surface area contributed by atoms with Gasteiger partial charge in [-0.1, -0.05) is 97.1 Å². The lowest BCUT2D eigenvalue weighted by atomic mass is 10.1. The lowest BCUT2D eigenvalue weighted by Gasteiger charge is -2.27. The van der Waals surface area contributed by atoms with Crippen LogP contribution in [0.2, 0.25) is 0 Å². The number of amides is 5. The molecule has 5 aliphatic heterocycles. The number of fused-ring (bicyclic) bond motifs is 10. The molecule has 0 unspecified atom stereocenters. The minimum Gasteiger partial charge on any atom is -0.481 e. The number of unbranched alkanes of at least 4 members (excludes halogenated alkanes) is 5. The van der Waals surface area contributed by atoms with Gasteiger partial charge in [-0.2, -0.15) is 0 Å². The predicted octanol–water partition coefficient (Wildman–Crippen LogP) is 14.4. The van der Waals surface area contributed by atoms with Crippen LogP contribution in [0.5, 0.6) is 0 Å². The lowest BCUT2D eigenvalue weighted by Crippen LogP contribution is -2.40. The van der Waals surface area contributed by atoms with Crippen LogP contribution in [-0.2, 0) is 37.5 Å². The van der Waals surface area contributed by atoms with Crippen molar-refractivity contribution in [3.63, 3.8) is 0 Å². The van der Waals surface area contributed by atoms with E-state index in [4.69, 9.17) is 61.9 Å². The van der Waals surface area contributed by atoms with Gasteiger partial charge in [0.1, 0.15) is 83.9 Å². The molecule has 5 fully saturated rings. The molecule has 0 bridgehead atoms. The molecule has 5 amide bonds. The van der Waals surface area contributed by atoms with Crippen molar-refractivity contribution in [1.82, 2.24) is 94.3 Å². The number of rotatable bonds is 20. The fourth-order valence-electron chi connectivity index (χ4n) is 20.3. The summed E-state index contributed by atoms with van der Waals surface area (Å²) in [6.45, 7) is 30.9. The third kappa shape index (κ3) is 22.9. The number of pyridine rings is 10. The molecular weight excluding hydrogens is 1890 g/mol. The highest BCUT2D eigenvalue weighted by Crippen LogP contribution is 2.26. The Balaban J connectivity index is 0.000000138. The van der Waals surface area contributed by atoms with Gasteiger partial charge in [0.25, 0.3) is 63.3 Å². The molecule has 149 heavy (non-hydrogen) atoms. The third-order valence-corrected chi connectivity index (χ3v) is 28.7. The molecule has 15 aromatic rings. The van der Waals surface area contributed by atoms with Crippen molar-refractivity contribution in [1.29, 1.82) is 27.0 Å². The van der Waals surface area contributed by atoms with Gasteiger partial charge >= 0.3 is 0 Å². The van der Waals surface area contributed by atoms with E-state index in [1.165, 1.54) is 22.0 Å². The second-order valence-electron chi connectivity index (χ2n) is 39.5. The van der Waals surface area contributed by atoms with E-state index in [0.717, 1.165) is 195 Å². The summed E-state index contributed by atoms with van der Waals surface area (Å²) in [5, 5.41) is 53.1. The number of aliphatic carboxylic acids is 1. The number of aryl methyl sites for hydroxylation is 10. The summed E-state index contributed by atoms with van der Waals surface area (Å²) in [5.74, 6) is -1.62. The average molecular weight is 2030 g/mol. The van der Waals surface area contributed by atoms with Crippen molar-refractivity contribution in [2.24, 2.45) is 0 Å². The smallest absolute Gasteiger partial charge is 0.300 e. The van der Waals surface area contributed by atoms with Crippen molar-refractivity contribution in [2.45, 2.75) is 269 Å². The number of likely N-dealkylation sites (tertiary alicyclic amines) is 5. The van der Waals surface area contributed by atoms with E-state index in [0.29, 0.717) is 209 Å². The van der Waals surface area contributed by atoms with Crippen molar-refractivity contribution in [3.05, 3.63) is 257 Å². The number of carbonyl (C=O) groups is 6. The Hall–Kier alpha value is -15.3. The van der Waals surface area contributed by atoms with Gasteiger partial charge in [0.05, 0.1) is 54.7 Å². The fraction of sp³-hybridized carbons (Fsp3) is 0.455. The molecule has 15 aromatic heterocycles. The quantitative estimate of drug-likeness (QED) is 0.0386. The summed E-state index contributed by atoms with van der Waals surface area (Å²) in [5.41, 5.74) is 11.0. The summed E-state index contributed by atoms with van der Waals surface area (Å²) >= 11 is 0. The van der Waals surface area contributed by atoms with E-state index < -0.39 is 5.97 Å². The summed E-state index contributed by atoms with van der Waals surface area (Å²) < 4.78 is 16.3. The van der Waals surface area contributed by atoms with Gasteiger partial charge < -0.3 is 52.4 Å². The van der Waals surface area contributed by atoms with E-state index in [1.807, 2.05) is 120 Å². The van der Waals surface area contributed by atoms with Crippen molar-refractivity contribution >= 4 is 119 Å². The first kappa shape index (κ1) is 108. The van der Waals surface area contributed by atoms with Gasteiger partial charge in [0.2, 0.25) is 0 Å². The standard InChI is InChI=1S/5C22H27N5O2.C2H4O2/c5*1-3-4-12-26-18(23)16(21(28)25-10-6-5-7-11-25)14-17-20(26)24-19-15(2)9-8-13-27(19)22(17)29;1-2(3)4/h5*8-9,13-14,23H,3-7,10-12H2,1-2H3;1H3,(H,3,4). The zero-order chi connectivity index (χ0) is 106. The Kier molecular flexibility index (Phi) is 35.2. The van der Waals surface area contributed by atoms with E-state index in [2.05, 4.69) is 34.6 Å². The highest BCUT2D eigenvalue weighted by molar-refractivity contribution is 6.01. The monoisotopic (exact) mass is 2030 g/mol. The number of carbonyl (C=O) groups excluding carboxylic acids is 5. The summed E-state index contributed by atoms with van der Waals surface area (Å²) in [7, 11) is 0. The van der Waals surface area contributed by atoms with Crippen molar-refractivity contribution in [3.8, 4) is 0 Å². The summed E-state index contributed by atoms with van der Waals surface area (Å²) in [4.78, 5) is 174. The first-order valence-electron chi connectivity index (χ1n) is 53.0. The molecule has 5 saturated heterocycles. The Bertz CT molecular complexity index is 7240. The molecule has 5 aliphatic rings. The Morgan fingerprint density at radius 1 is 0.262 bits per heavy atom. The molecular formula is C112H139N25O12. The molecule has 37 nitrogen and oxygen atoms in total. The molecule has 0 aromatic carbocycles. The zero-order valence-electron chi connectivity index (χ0n) is 87.7. The van der Waals surface area contributed by atoms with Gasteiger partial charge in [-0.3, -0.25) is 102 Å². The number of nitrogens with zero attached hydrogens (tertiary/aromatic N) is 20. The Morgan fingerprint density at radius 3 is 0.550 bits per heavy atom. The van der Waals surface area contributed by atoms with E-state index in [9.17, 15) is 47.9 Å². The van der Waals surface area contributed by atoms with E-state index in [-0.39, 0.29) is 84.8 Å². The van der Waals surface area contributed by atoms with Crippen molar-refractivity contribution in [2.75, 3.05) is 65.4 Å². The van der Waals surface area contributed by atoms with Crippen LogP contribution in [0, 0.1) is 61.7 Å². The summed E-state index contributed by atoms with van der Waals surface area (Å²) in [6, 6.07) is 26.6. The maximum absolute atomic E-state index is 13.3. The fourth-order valence-corrected chi connectivity index (χ4v) is 20.3. The SMILES string of the molecule is CC(=O)O.CCCCn1c(=N)c(C(=O)N2CCCCC2)cc2c(=O)n3cccc(C)c3nc21.CCCCn1c(=N)c(C(=O)N2CCCCC2)cc2c(=O)n3cccc(C)c3nc21.CCCCn1c(=N)c(C(=O)N2CCCCC2)cc2c(=O)n3cccc(C)c3nc21.CCCCn1c(=N)c(C(=O)N2CCCCC2)cc2c(=O)n3cccc(C)c3nc21.CCCCn1c(=N)c(C(=O)N2CCCCC2)cc2c(=O)n3cccc(C)c3nc21. The predicted molar refractivity (Wildman–Crippen MR) is 574 cm³/mol. The highest BCUT2D eigenvalue weighted by atomic mass is 16.4. The molecule has 0 radical (unpaired) electrons. The molecule has 784 valence electrons. The van der Waals surface area contributed by atoms with Gasteiger partial charge in [0.15, 0.2) is 0 Å². The zero-order valence-corrected chi connectivity index (χ0v) is 87.7. The summed E-state index contributed by atoms with van der Waals surface area (Å²) in [6.07, 6.45) is 33.0. The molecule has 0 saturated carbocycles. The average Bonchev–Trinajstić information content (AvgIpc) is 0.759. The molecule has 0 aliphatic carbocycles. The molecule has 0 spiro atoms. The number of aromatic nitrogens is 15. The lowest BCUT2D eigenvalue weighted by molar-refractivity contribution is -0.134. The Labute approximate surface area is 861 Å². The van der Waals surface area contributed by atoms with Crippen LogP contribution < -0.4 is 55.2 Å². The molecule has 20 rings (SSSR count). The minimum atomic E-state index is -0.833. The van der Waals surface area contributed by atoms with Gasteiger partial charge in [-0.15, -0.1) is 0 Å². The maximum atomic E-state index is 13.3. The van der Waals surface area contributed by atoms with E-state index >= 15 is 0 Å². The second kappa shape index (κ2) is 48.5. The number of hydrogen-bond acceptors (Lipinski definition) is 21. The molecule has 37 heteroatoms. The van der Waals surface area contributed by atoms with Gasteiger partial charge in [-0.25, -0.2) is 24.9 Å². The molecule has 20 heterocycles. The van der Waals surface area contributed by atoms with Crippen molar-refractivity contribution < 1.29 is 33.9 Å². The van der Waals surface area contributed by atoms with Gasteiger partial charge in [-0.05, 0) is 252 Å². The number of carboxylic acid groups (broad SMARTS) is 1. The normalized spacial score (nSPS) is 14.4. The largest absolute Gasteiger partial charge is 0.481 e. The second-order valence-corrected chi connectivity index (χ2v) is 39.5. The number of piperidine rings is 5. The van der Waals surface area contributed by atoms with Gasteiger partial charge in [0, 0.05) is 136 Å². The van der Waals surface area contributed by atoms with Crippen LogP contribution in [0.25, 0.3) is 83.4 Å². The third-order valence-electron chi connectivity index (χ3n) is 28.7. The van der Waals surface area contributed by atoms with Crippen LogP contribution >= 0.6 is 0 Å². The highest BCUT2D eigenvalue weighted by Gasteiger charge is 2.31. The van der Waals surface area contributed by atoms with Crippen LogP contribution in [0.1, 0.15) is 282 Å². The first-order valence-corrected chi connectivity index (χ1v) is 53.0. The van der Waals surface area contributed by atoms with Crippen LogP contribution in [0.15, 0.2) is 146 Å². The minimum absolute atomic E-state index is 0.145. The first-order chi connectivity index (χ1) is 71.9. The molecule has 0 atom stereocenters. The number of nitrogens with one attached hydrogen (secondary N) is 5. The van der Waals surface area contributed by atoms with Crippen LogP contribution in [-0.4, -0.2) is 200 Å². The maximum Gasteiger partial charge on any atom is 0.300 e. The number of carboxylic acids is 1. The van der Waals surface area contributed by atoms with Crippen LogP contribution in [0.3, 0.4) is 0 Å². The van der Waals surface area contributed by atoms with E-state index in [1.54, 1.807) is 84.2 Å². The Morgan fingerprint density at radius 2 is 0.409 bits per heavy atom.